The standard InChI is InChI=1S/C22H29F2N3O3/c1-2-20-19(10-16-11-25-12-21(28)27(16)20)22(29)26-15-3-5-17(6-4-15)30-18-8-13(23)7-14(24)9-18/h7-9,15-17,19-20,25H,2-6,10-12H2,1H3,(H,26,29)/t15?,16-,17?,19-,20-/m1/s1. The Balaban J connectivity index is 1.29. The number of carbonyl (C=O) groups is 2. The molecule has 1 aliphatic carbocycles. The number of hydrogen-bond donors (Lipinski definition) is 2. The third kappa shape index (κ3) is 4.43. The van der Waals surface area contributed by atoms with Crippen molar-refractivity contribution in [3.05, 3.63) is 29.8 Å². The second-order valence-corrected chi connectivity index (χ2v) is 8.61. The maximum Gasteiger partial charge on any atom is 0.237 e. The van der Waals surface area contributed by atoms with Crippen LogP contribution in [0.3, 0.4) is 0 Å². The third-order valence-electron chi connectivity index (χ3n) is 6.60. The molecule has 4 rings (SSSR count). The van der Waals surface area contributed by atoms with Crippen LogP contribution < -0.4 is 15.4 Å². The van der Waals surface area contributed by atoms with Crippen LogP contribution in [0.4, 0.5) is 8.78 Å². The summed E-state index contributed by atoms with van der Waals surface area (Å²) in [7, 11) is 0. The fourth-order valence-electron chi connectivity index (χ4n) is 5.22. The number of ether oxygens (including phenoxy) is 1. The molecule has 2 saturated heterocycles. The number of nitrogens with zero attached hydrogens (tertiary/aromatic N) is 1. The van der Waals surface area contributed by atoms with Gasteiger partial charge in [-0.15, -0.1) is 0 Å². The first kappa shape index (κ1) is 21.0. The first-order valence-electron chi connectivity index (χ1n) is 10.9. The molecule has 3 aliphatic rings. The van der Waals surface area contributed by atoms with Crippen molar-refractivity contribution in [2.75, 3.05) is 13.1 Å². The van der Waals surface area contributed by atoms with E-state index in [9.17, 15) is 18.4 Å². The van der Waals surface area contributed by atoms with Gasteiger partial charge in [0.1, 0.15) is 17.4 Å². The second-order valence-electron chi connectivity index (χ2n) is 8.61. The van der Waals surface area contributed by atoms with Crippen LogP contribution in [0.2, 0.25) is 0 Å². The lowest BCUT2D eigenvalue weighted by Crippen LogP contribution is -2.55. The maximum atomic E-state index is 13.3. The molecule has 8 heteroatoms. The van der Waals surface area contributed by atoms with Crippen LogP contribution in [0.15, 0.2) is 18.2 Å². The maximum absolute atomic E-state index is 13.3. The van der Waals surface area contributed by atoms with Crippen molar-refractivity contribution in [2.24, 2.45) is 5.92 Å². The number of amides is 2. The van der Waals surface area contributed by atoms with E-state index < -0.39 is 11.6 Å². The van der Waals surface area contributed by atoms with Crippen LogP contribution >= 0.6 is 0 Å². The van der Waals surface area contributed by atoms with Gasteiger partial charge in [-0.1, -0.05) is 6.92 Å². The van der Waals surface area contributed by atoms with E-state index in [1.54, 1.807) is 0 Å². The van der Waals surface area contributed by atoms with Gasteiger partial charge in [0.15, 0.2) is 0 Å². The van der Waals surface area contributed by atoms with Crippen molar-refractivity contribution in [1.29, 1.82) is 0 Å². The van der Waals surface area contributed by atoms with Gasteiger partial charge in [-0.05, 0) is 38.5 Å². The van der Waals surface area contributed by atoms with Gasteiger partial charge in [0.25, 0.3) is 0 Å². The molecule has 3 atom stereocenters. The average molecular weight is 421 g/mol. The first-order chi connectivity index (χ1) is 14.4. The summed E-state index contributed by atoms with van der Waals surface area (Å²) in [5.74, 6) is -1.17. The number of hydrogen-bond acceptors (Lipinski definition) is 4. The zero-order valence-electron chi connectivity index (χ0n) is 17.2. The Morgan fingerprint density at radius 2 is 1.90 bits per heavy atom. The van der Waals surface area contributed by atoms with Gasteiger partial charge in [-0.3, -0.25) is 9.59 Å². The Morgan fingerprint density at radius 3 is 2.57 bits per heavy atom. The molecule has 164 valence electrons. The Kier molecular flexibility index (Phi) is 6.22. The molecule has 0 spiro atoms. The highest BCUT2D eigenvalue weighted by Crippen LogP contribution is 2.34. The van der Waals surface area contributed by atoms with E-state index in [1.807, 2.05) is 11.8 Å². The van der Waals surface area contributed by atoms with Crippen LogP contribution in [0, 0.1) is 17.6 Å². The highest BCUT2D eigenvalue weighted by molar-refractivity contribution is 5.85. The molecule has 2 aliphatic heterocycles. The summed E-state index contributed by atoms with van der Waals surface area (Å²) < 4.78 is 32.4. The third-order valence-corrected chi connectivity index (χ3v) is 6.60. The number of fused-ring (bicyclic) bond motifs is 1. The van der Waals surface area contributed by atoms with Crippen molar-refractivity contribution in [1.82, 2.24) is 15.5 Å². The summed E-state index contributed by atoms with van der Waals surface area (Å²) in [5, 5.41) is 6.32. The molecule has 0 radical (unpaired) electrons. The van der Waals surface area contributed by atoms with Crippen LogP contribution in [0.1, 0.15) is 45.4 Å². The Hall–Kier alpha value is -2.22. The number of nitrogens with one attached hydrogen (secondary N) is 2. The van der Waals surface area contributed by atoms with Gasteiger partial charge < -0.3 is 20.3 Å². The van der Waals surface area contributed by atoms with Gasteiger partial charge >= 0.3 is 0 Å². The Bertz CT molecular complexity index is 778. The van der Waals surface area contributed by atoms with Crippen LogP contribution in [0.5, 0.6) is 5.75 Å². The topological polar surface area (TPSA) is 70.7 Å². The van der Waals surface area contributed by atoms with Crippen molar-refractivity contribution >= 4 is 11.8 Å². The summed E-state index contributed by atoms with van der Waals surface area (Å²) in [4.78, 5) is 27.2. The van der Waals surface area contributed by atoms with E-state index in [0.29, 0.717) is 25.8 Å². The predicted molar refractivity (Wildman–Crippen MR) is 107 cm³/mol. The molecular formula is C22H29F2N3O3. The molecule has 0 unspecified atom stereocenters. The second kappa shape index (κ2) is 8.88. The molecule has 6 nitrogen and oxygen atoms in total. The largest absolute Gasteiger partial charge is 0.490 e. The van der Waals surface area contributed by atoms with E-state index in [2.05, 4.69) is 10.6 Å². The zero-order chi connectivity index (χ0) is 21.3. The monoisotopic (exact) mass is 421 g/mol. The van der Waals surface area contributed by atoms with E-state index in [-0.39, 0.29) is 47.7 Å². The highest BCUT2D eigenvalue weighted by atomic mass is 19.1. The van der Waals surface area contributed by atoms with Crippen LogP contribution in [0.25, 0.3) is 0 Å². The first-order valence-corrected chi connectivity index (χ1v) is 10.9. The Morgan fingerprint density at radius 1 is 1.20 bits per heavy atom. The van der Waals surface area contributed by atoms with Crippen molar-refractivity contribution in [2.45, 2.75) is 69.7 Å². The summed E-state index contributed by atoms with van der Waals surface area (Å²) in [5.41, 5.74) is 0. The smallest absolute Gasteiger partial charge is 0.237 e. The van der Waals surface area contributed by atoms with Crippen LogP contribution in [-0.2, 0) is 9.59 Å². The molecule has 0 aromatic heterocycles. The fraction of sp³-hybridized carbons (Fsp3) is 0.636. The normalized spacial score (nSPS) is 31.4. The minimum absolute atomic E-state index is 0.0284. The molecular weight excluding hydrogens is 392 g/mol. The number of benzene rings is 1. The molecule has 30 heavy (non-hydrogen) atoms. The van der Waals surface area contributed by atoms with Crippen molar-refractivity contribution in [3.63, 3.8) is 0 Å². The minimum Gasteiger partial charge on any atom is -0.490 e. The summed E-state index contributed by atoms with van der Waals surface area (Å²) in [6, 6.07) is 3.32. The number of carbonyl (C=O) groups excluding carboxylic acids is 2. The van der Waals surface area contributed by atoms with E-state index in [0.717, 1.165) is 31.9 Å². The summed E-state index contributed by atoms with van der Waals surface area (Å²) in [6.45, 7) is 3.12. The number of halogens is 2. The van der Waals surface area contributed by atoms with E-state index >= 15 is 0 Å². The SMILES string of the molecule is CC[C@@H]1[C@H](C(=O)NC2CCC(Oc3cc(F)cc(F)c3)CC2)C[C@@H]2CNCC(=O)N21. The number of piperazine rings is 1. The molecule has 1 aromatic rings. The summed E-state index contributed by atoms with van der Waals surface area (Å²) in [6.07, 6.45) is 4.28. The molecule has 2 amide bonds. The van der Waals surface area contributed by atoms with Crippen LogP contribution in [-0.4, -0.2) is 54.0 Å². The molecule has 0 bridgehead atoms. The van der Waals surface area contributed by atoms with Gasteiger partial charge in [0.2, 0.25) is 11.8 Å². The molecule has 2 N–H and O–H groups in total. The molecule has 1 saturated carbocycles. The van der Waals surface area contributed by atoms with E-state index in [1.165, 1.54) is 12.1 Å². The van der Waals surface area contributed by atoms with E-state index in [4.69, 9.17) is 4.74 Å². The van der Waals surface area contributed by atoms with Gasteiger partial charge in [-0.2, -0.15) is 0 Å². The number of rotatable bonds is 5. The minimum atomic E-state index is -0.655. The van der Waals surface area contributed by atoms with Gasteiger partial charge in [0.05, 0.1) is 18.6 Å². The Labute approximate surface area is 175 Å². The van der Waals surface area contributed by atoms with Gasteiger partial charge in [0, 0.05) is 42.9 Å². The zero-order valence-corrected chi connectivity index (χ0v) is 17.2. The summed E-state index contributed by atoms with van der Waals surface area (Å²) >= 11 is 0. The molecule has 3 fully saturated rings. The average Bonchev–Trinajstić information content (AvgIpc) is 3.09. The van der Waals surface area contributed by atoms with Crippen molar-refractivity contribution in [3.8, 4) is 5.75 Å². The lowest BCUT2D eigenvalue weighted by molar-refractivity contribution is -0.136. The van der Waals surface area contributed by atoms with Gasteiger partial charge in [-0.25, -0.2) is 8.78 Å². The van der Waals surface area contributed by atoms with Crippen molar-refractivity contribution < 1.29 is 23.1 Å². The fourth-order valence-corrected chi connectivity index (χ4v) is 5.22. The molecule has 1 aromatic carbocycles. The highest BCUT2D eigenvalue weighted by Gasteiger charge is 2.47. The lowest BCUT2D eigenvalue weighted by atomic mass is 9.91. The predicted octanol–water partition coefficient (Wildman–Crippen LogP) is 2.37. The molecule has 2 heterocycles. The quantitative estimate of drug-likeness (QED) is 0.766. The lowest BCUT2D eigenvalue weighted by Gasteiger charge is -2.35.